The lowest BCUT2D eigenvalue weighted by atomic mass is 10.0. The van der Waals surface area contributed by atoms with E-state index >= 15 is 0 Å². The fraction of sp³-hybridized carbons (Fsp3) is 0.412. The summed E-state index contributed by atoms with van der Waals surface area (Å²) in [5.74, 6) is -0.860. The van der Waals surface area contributed by atoms with Gasteiger partial charge in [0.25, 0.3) is 0 Å². The van der Waals surface area contributed by atoms with E-state index in [4.69, 9.17) is 16.9 Å². The van der Waals surface area contributed by atoms with E-state index < -0.39 is 12.0 Å². The minimum atomic E-state index is -0.860. The minimum absolute atomic E-state index is 0.503. The topological polar surface area (TPSA) is 83.4 Å². The molecule has 126 valence electrons. The number of nitriles is 1. The van der Waals surface area contributed by atoms with Crippen molar-refractivity contribution in [2.24, 2.45) is 0 Å². The summed E-state index contributed by atoms with van der Waals surface area (Å²) < 4.78 is 0. The molecule has 2 aromatic rings. The van der Waals surface area contributed by atoms with Crippen molar-refractivity contribution >= 4 is 28.5 Å². The van der Waals surface area contributed by atoms with Gasteiger partial charge in [-0.3, -0.25) is 14.6 Å². The first-order chi connectivity index (χ1) is 11.6. The Hall–Kier alpha value is -2.07. The molecule has 1 fully saturated rings. The maximum atomic E-state index is 11.9. The van der Waals surface area contributed by atoms with Gasteiger partial charge in [-0.15, -0.1) is 0 Å². The molecule has 1 aromatic heterocycles. The SMILES string of the molecule is N#CCCN1CCN(C(C(=O)O)c2c[nH]c3ccc(Cl)cc23)CC1. The van der Waals surface area contributed by atoms with Crippen molar-refractivity contribution < 1.29 is 9.90 Å². The summed E-state index contributed by atoms with van der Waals surface area (Å²) in [7, 11) is 0. The second kappa shape index (κ2) is 7.22. The van der Waals surface area contributed by atoms with Crippen LogP contribution in [0.15, 0.2) is 24.4 Å². The van der Waals surface area contributed by atoms with Gasteiger partial charge >= 0.3 is 5.97 Å². The van der Waals surface area contributed by atoms with Gasteiger partial charge in [0, 0.05) is 66.8 Å². The van der Waals surface area contributed by atoms with Crippen molar-refractivity contribution in [3.63, 3.8) is 0 Å². The molecule has 0 bridgehead atoms. The Bertz CT molecular complexity index is 774. The quantitative estimate of drug-likeness (QED) is 0.869. The Morgan fingerprint density at radius 1 is 1.38 bits per heavy atom. The number of nitrogens with zero attached hydrogens (tertiary/aromatic N) is 3. The van der Waals surface area contributed by atoms with Crippen LogP contribution >= 0.6 is 11.6 Å². The number of aliphatic carboxylic acids is 1. The van der Waals surface area contributed by atoms with Gasteiger partial charge in [-0.1, -0.05) is 11.6 Å². The van der Waals surface area contributed by atoms with E-state index in [1.165, 1.54) is 0 Å². The van der Waals surface area contributed by atoms with Crippen LogP contribution in [0.4, 0.5) is 0 Å². The number of fused-ring (bicyclic) bond motifs is 1. The largest absolute Gasteiger partial charge is 0.480 e. The number of aromatic nitrogens is 1. The van der Waals surface area contributed by atoms with Gasteiger partial charge in [-0.25, -0.2) is 0 Å². The second-order valence-corrected chi connectivity index (χ2v) is 6.40. The molecule has 6 nitrogen and oxygen atoms in total. The Morgan fingerprint density at radius 3 is 2.79 bits per heavy atom. The number of halogens is 1. The standard InChI is InChI=1S/C17H19ClN4O2/c18-12-2-3-15-13(10-12)14(11-20-15)16(17(23)24)22-8-6-21(7-9-22)5-1-4-19/h2-3,10-11,16,20H,1,5-9H2,(H,23,24). The molecule has 2 N–H and O–H groups in total. The highest BCUT2D eigenvalue weighted by Gasteiger charge is 2.32. The summed E-state index contributed by atoms with van der Waals surface area (Å²) in [6.07, 6.45) is 2.27. The molecule has 1 saturated heterocycles. The third-order valence-electron chi connectivity index (χ3n) is 4.52. The molecule has 24 heavy (non-hydrogen) atoms. The van der Waals surface area contributed by atoms with Crippen molar-refractivity contribution in [3.05, 3.63) is 35.0 Å². The van der Waals surface area contributed by atoms with Crippen LogP contribution in [0.3, 0.4) is 0 Å². The molecule has 1 aliphatic heterocycles. The first kappa shape index (κ1) is 16.8. The monoisotopic (exact) mass is 346 g/mol. The number of carbonyl (C=O) groups is 1. The predicted molar refractivity (Wildman–Crippen MR) is 91.9 cm³/mol. The van der Waals surface area contributed by atoms with Crippen LogP contribution in [-0.4, -0.2) is 58.6 Å². The highest BCUT2D eigenvalue weighted by Crippen LogP contribution is 2.31. The van der Waals surface area contributed by atoms with E-state index in [2.05, 4.69) is 16.0 Å². The van der Waals surface area contributed by atoms with Crippen molar-refractivity contribution in [3.8, 4) is 6.07 Å². The number of benzene rings is 1. The molecule has 0 aliphatic carbocycles. The number of piperazine rings is 1. The average molecular weight is 347 g/mol. The molecule has 0 amide bonds. The van der Waals surface area contributed by atoms with E-state index in [0.29, 0.717) is 24.5 Å². The summed E-state index contributed by atoms with van der Waals surface area (Å²) in [5.41, 5.74) is 1.62. The van der Waals surface area contributed by atoms with Crippen LogP contribution in [0.5, 0.6) is 0 Å². The van der Waals surface area contributed by atoms with Crippen molar-refractivity contribution in [1.82, 2.24) is 14.8 Å². The lowest BCUT2D eigenvalue weighted by Gasteiger charge is -2.37. The van der Waals surface area contributed by atoms with E-state index in [0.717, 1.165) is 36.1 Å². The number of hydrogen-bond donors (Lipinski definition) is 2. The number of carboxylic acids is 1. The number of carboxylic acid groups (broad SMARTS) is 1. The number of hydrogen-bond acceptors (Lipinski definition) is 4. The molecule has 0 radical (unpaired) electrons. The van der Waals surface area contributed by atoms with E-state index in [1.807, 2.05) is 17.0 Å². The van der Waals surface area contributed by atoms with E-state index in [1.54, 1.807) is 12.3 Å². The molecular formula is C17H19ClN4O2. The van der Waals surface area contributed by atoms with Crippen LogP contribution in [0.1, 0.15) is 18.0 Å². The molecule has 7 heteroatoms. The zero-order valence-corrected chi connectivity index (χ0v) is 14.0. The molecule has 0 saturated carbocycles. The van der Waals surface area contributed by atoms with Gasteiger partial charge < -0.3 is 10.1 Å². The van der Waals surface area contributed by atoms with Crippen LogP contribution < -0.4 is 0 Å². The van der Waals surface area contributed by atoms with Gasteiger partial charge in [0.1, 0.15) is 6.04 Å². The summed E-state index contributed by atoms with van der Waals surface area (Å²) in [6, 6.07) is 6.90. The Morgan fingerprint density at radius 2 is 2.12 bits per heavy atom. The normalized spacial score (nSPS) is 17.7. The third-order valence-corrected chi connectivity index (χ3v) is 4.75. The molecular weight excluding hydrogens is 328 g/mol. The van der Waals surface area contributed by atoms with Crippen molar-refractivity contribution in [1.29, 1.82) is 5.26 Å². The molecule has 1 aliphatic rings. The second-order valence-electron chi connectivity index (χ2n) is 5.96. The lowest BCUT2D eigenvalue weighted by molar-refractivity contribution is -0.144. The number of nitrogens with one attached hydrogen (secondary N) is 1. The van der Waals surface area contributed by atoms with Gasteiger partial charge in [0.05, 0.1) is 6.07 Å². The van der Waals surface area contributed by atoms with Gasteiger partial charge in [0.15, 0.2) is 0 Å². The first-order valence-corrected chi connectivity index (χ1v) is 8.30. The highest BCUT2D eigenvalue weighted by atomic mass is 35.5. The maximum absolute atomic E-state index is 11.9. The molecule has 0 spiro atoms. The first-order valence-electron chi connectivity index (χ1n) is 7.93. The Labute approximate surface area is 145 Å². The zero-order valence-electron chi connectivity index (χ0n) is 13.2. The number of H-pyrrole nitrogens is 1. The van der Waals surface area contributed by atoms with Crippen molar-refractivity contribution in [2.75, 3.05) is 32.7 Å². The average Bonchev–Trinajstić information content (AvgIpc) is 2.97. The van der Waals surface area contributed by atoms with E-state index in [-0.39, 0.29) is 0 Å². The Balaban J connectivity index is 1.82. The van der Waals surface area contributed by atoms with Gasteiger partial charge in [-0.2, -0.15) is 5.26 Å². The third kappa shape index (κ3) is 3.39. The maximum Gasteiger partial charge on any atom is 0.325 e. The van der Waals surface area contributed by atoms with Gasteiger partial charge in [-0.05, 0) is 18.2 Å². The van der Waals surface area contributed by atoms with Crippen LogP contribution in [0, 0.1) is 11.3 Å². The van der Waals surface area contributed by atoms with E-state index in [9.17, 15) is 9.90 Å². The summed E-state index contributed by atoms with van der Waals surface area (Å²) in [6.45, 7) is 3.61. The molecule has 1 aromatic carbocycles. The summed E-state index contributed by atoms with van der Waals surface area (Å²) in [4.78, 5) is 19.2. The summed E-state index contributed by atoms with van der Waals surface area (Å²) >= 11 is 6.08. The predicted octanol–water partition coefficient (Wildman–Crippen LogP) is 2.48. The molecule has 1 atom stereocenters. The van der Waals surface area contributed by atoms with Crippen LogP contribution in [-0.2, 0) is 4.79 Å². The summed E-state index contributed by atoms with van der Waals surface area (Å²) in [5, 5.41) is 19.9. The fourth-order valence-electron chi connectivity index (χ4n) is 3.28. The lowest BCUT2D eigenvalue weighted by Crippen LogP contribution is -2.49. The van der Waals surface area contributed by atoms with Gasteiger partial charge in [0.2, 0.25) is 0 Å². The minimum Gasteiger partial charge on any atom is -0.480 e. The fourth-order valence-corrected chi connectivity index (χ4v) is 3.45. The molecule has 2 heterocycles. The molecule has 1 unspecified atom stereocenters. The zero-order chi connectivity index (χ0) is 17.1. The van der Waals surface area contributed by atoms with Crippen LogP contribution in [0.25, 0.3) is 10.9 Å². The Kier molecular flexibility index (Phi) is 5.05. The number of rotatable bonds is 5. The number of aromatic amines is 1. The highest BCUT2D eigenvalue weighted by molar-refractivity contribution is 6.31. The smallest absolute Gasteiger partial charge is 0.325 e. The van der Waals surface area contributed by atoms with Crippen molar-refractivity contribution in [2.45, 2.75) is 12.5 Å². The molecule has 3 rings (SSSR count). The van der Waals surface area contributed by atoms with Crippen LogP contribution in [0.2, 0.25) is 5.02 Å².